The predicted octanol–water partition coefficient (Wildman–Crippen LogP) is 6.82. The lowest BCUT2D eigenvalue weighted by molar-refractivity contribution is 0.324. The molecule has 42 heavy (non-hydrogen) atoms. The van der Waals surface area contributed by atoms with E-state index in [0.29, 0.717) is 44.9 Å². The van der Waals surface area contributed by atoms with Crippen molar-refractivity contribution in [2.45, 2.75) is 0 Å². The number of methoxy groups -OCH3 is 4. The molecule has 11 nitrogen and oxygen atoms in total. The summed E-state index contributed by atoms with van der Waals surface area (Å²) in [4.78, 5) is 13.8. The molecule has 0 radical (unpaired) electrons. The van der Waals surface area contributed by atoms with Gasteiger partial charge in [-0.2, -0.15) is 14.3 Å². The number of hydrogen-bond donors (Lipinski definition) is 1. The van der Waals surface area contributed by atoms with Gasteiger partial charge in [-0.1, -0.05) is 5.16 Å². The average molecular weight is 601 g/mol. The first-order valence-corrected chi connectivity index (χ1v) is 14.2. The number of aromatic nitrogens is 5. The van der Waals surface area contributed by atoms with Gasteiger partial charge < -0.3 is 28.8 Å². The van der Waals surface area contributed by atoms with Crippen molar-refractivity contribution >= 4 is 33.7 Å². The van der Waals surface area contributed by atoms with Crippen LogP contribution in [0, 0.1) is 0 Å². The van der Waals surface area contributed by atoms with Gasteiger partial charge in [-0.25, -0.2) is 4.98 Å². The van der Waals surface area contributed by atoms with Crippen LogP contribution in [0.4, 0.5) is 10.8 Å². The molecule has 3 heterocycles. The number of rotatable bonds is 10. The van der Waals surface area contributed by atoms with Gasteiger partial charge in [0.2, 0.25) is 16.7 Å². The largest absolute Gasteiger partial charge is 0.497 e. The van der Waals surface area contributed by atoms with Crippen molar-refractivity contribution in [1.82, 2.24) is 24.5 Å². The summed E-state index contributed by atoms with van der Waals surface area (Å²) in [5, 5.41) is 10.7. The Balaban J connectivity index is 1.14. The molecule has 212 valence electrons. The van der Waals surface area contributed by atoms with E-state index < -0.39 is 0 Å². The number of nitrogens with one attached hydrogen (secondary N) is 1. The molecule has 0 unspecified atom stereocenters. The molecule has 1 N–H and O–H groups in total. The molecule has 13 heteroatoms. The zero-order valence-corrected chi connectivity index (χ0v) is 24.6. The van der Waals surface area contributed by atoms with E-state index in [9.17, 15) is 0 Å². The number of ether oxygens (including phenoxy) is 4. The van der Waals surface area contributed by atoms with Gasteiger partial charge in [0.05, 0.1) is 34.1 Å². The van der Waals surface area contributed by atoms with E-state index in [1.54, 1.807) is 28.4 Å². The van der Waals surface area contributed by atoms with Crippen molar-refractivity contribution in [1.29, 1.82) is 0 Å². The van der Waals surface area contributed by atoms with Gasteiger partial charge in [0.15, 0.2) is 22.3 Å². The Labute approximate surface area is 248 Å². The summed E-state index contributed by atoms with van der Waals surface area (Å²) in [5.41, 5.74) is 4.19. The van der Waals surface area contributed by atoms with E-state index >= 15 is 0 Å². The van der Waals surface area contributed by atoms with E-state index in [1.807, 2.05) is 66.0 Å². The number of benzene rings is 3. The van der Waals surface area contributed by atoms with E-state index in [0.717, 1.165) is 33.8 Å². The first-order chi connectivity index (χ1) is 20.6. The molecule has 6 rings (SSSR count). The summed E-state index contributed by atoms with van der Waals surface area (Å²) in [6.07, 6.45) is 0. The van der Waals surface area contributed by atoms with Crippen molar-refractivity contribution < 1.29 is 23.5 Å². The minimum absolute atomic E-state index is 0.366. The Hall–Kier alpha value is -5.01. The summed E-state index contributed by atoms with van der Waals surface area (Å²) in [5.74, 6) is 3.74. The van der Waals surface area contributed by atoms with Gasteiger partial charge in [-0.05, 0) is 60.7 Å². The highest BCUT2D eigenvalue weighted by molar-refractivity contribution is 7.13. The molecule has 3 aromatic heterocycles. The van der Waals surface area contributed by atoms with Crippen LogP contribution in [0.2, 0.25) is 0 Å². The van der Waals surface area contributed by atoms with Crippen LogP contribution in [-0.4, -0.2) is 52.9 Å². The van der Waals surface area contributed by atoms with Gasteiger partial charge >= 0.3 is 0 Å². The monoisotopic (exact) mass is 600 g/mol. The zero-order valence-electron chi connectivity index (χ0n) is 22.9. The third kappa shape index (κ3) is 5.47. The van der Waals surface area contributed by atoms with Crippen LogP contribution in [-0.2, 0) is 0 Å². The molecule has 0 atom stereocenters. The van der Waals surface area contributed by atoms with Gasteiger partial charge in [0, 0.05) is 39.3 Å². The summed E-state index contributed by atoms with van der Waals surface area (Å²) in [6, 6.07) is 19.0. The summed E-state index contributed by atoms with van der Waals surface area (Å²) in [6.45, 7) is 0. The minimum atomic E-state index is 0.366. The van der Waals surface area contributed by atoms with E-state index in [4.69, 9.17) is 23.5 Å². The Kier molecular flexibility index (Phi) is 7.66. The second-order valence-corrected chi connectivity index (χ2v) is 10.3. The van der Waals surface area contributed by atoms with Crippen LogP contribution in [0.15, 0.2) is 70.6 Å². The first-order valence-electron chi connectivity index (χ1n) is 12.5. The summed E-state index contributed by atoms with van der Waals surface area (Å²) in [7, 11) is 6.34. The second-order valence-electron chi connectivity index (χ2n) is 8.73. The third-order valence-corrected chi connectivity index (χ3v) is 7.70. The van der Waals surface area contributed by atoms with Crippen molar-refractivity contribution in [2.24, 2.45) is 0 Å². The molecule has 0 aliphatic carbocycles. The quantitative estimate of drug-likeness (QED) is 0.178. The predicted molar refractivity (Wildman–Crippen MR) is 161 cm³/mol. The van der Waals surface area contributed by atoms with Crippen LogP contribution >= 0.6 is 22.9 Å². The van der Waals surface area contributed by atoms with Crippen LogP contribution in [0.25, 0.3) is 44.9 Å². The molecular weight excluding hydrogens is 576 g/mol. The number of thiazole rings is 1. The highest BCUT2D eigenvalue weighted by atomic mass is 32.1. The van der Waals surface area contributed by atoms with Gasteiger partial charge in [-0.15, -0.1) is 11.3 Å². The Morgan fingerprint density at radius 3 is 2.10 bits per heavy atom. The van der Waals surface area contributed by atoms with E-state index in [2.05, 4.69) is 29.8 Å². The highest BCUT2D eigenvalue weighted by Crippen LogP contribution is 2.41. The van der Waals surface area contributed by atoms with Crippen LogP contribution in [0.3, 0.4) is 0 Å². The topological polar surface area (TPSA) is 127 Å². The normalized spacial score (nSPS) is 10.9. The second kappa shape index (κ2) is 11.8. The van der Waals surface area contributed by atoms with Crippen molar-refractivity contribution in [3.8, 4) is 67.9 Å². The van der Waals surface area contributed by atoms with Gasteiger partial charge in [-0.3, -0.25) is 0 Å². The number of nitrogens with zero attached hydrogens (tertiary/aromatic N) is 5. The molecule has 0 bridgehead atoms. The SMILES string of the molecule is COc1ccc(-c2csc(-c3nc(-c4ccc(Nc5nc(-c6cc(OC)c(OC)c(OC)c6)ns5)cc4)no3)n2)cc1. The van der Waals surface area contributed by atoms with Crippen LogP contribution in [0.5, 0.6) is 23.0 Å². The van der Waals surface area contributed by atoms with Crippen LogP contribution < -0.4 is 24.3 Å². The molecule has 0 amide bonds. The van der Waals surface area contributed by atoms with Crippen molar-refractivity contribution in [3.63, 3.8) is 0 Å². The highest BCUT2D eigenvalue weighted by Gasteiger charge is 2.18. The summed E-state index contributed by atoms with van der Waals surface area (Å²) < 4.78 is 31.5. The lowest BCUT2D eigenvalue weighted by Crippen LogP contribution is -1.96. The fourth-order valence-electron chi connectivity index (χ4n) is 4.12. The average Bonchev–Trinajstić information content (AvgIpc) is 3.82. The third-order valence-electron chi connectivity index (χ3n) is 6.24. The number of hydrogen-bond acceptors (Lipinski definition) is 13. The smallest absolute Gasteiger partial charge is 0.287 e. The molecule has 0 saturated carbocycles. The standard InChI is InChI=1S/C29H24N6O5S2/c1-36-20-11-7-16(8-12-20)21-15-41-28(31-21)27-32-25(34-40-27)17-5-9-19(10-6-17)30-29-33-26(35-42-29)18-13-22(37-2)24(39-4)23(14-18)38-3/h5-15H,1-4H3,(H,30,33,35). The Morgan fingerprint density at radius 1 is 0.714 bits per heavy atom. The maximum atomic E-state index is 5.52. The maximum Gasteiger partial charge on any atom is 0.287 e. The van der Waals surface area contributed by atoms with Crippen molar-refractivity contribution in [2.75, 3.05) is 33.8 Å². The fraction of sp³-hybridized carbons (Fsp3) is 0.138. The molecule has 0 fully saturated rings. The lowest BCUT2D eigenvalue weighted by Gasteiger charge is -2.12. The molecule has 6 aromatic rings. The van der Waals surface area contributed by atoms with Crippen molar-refractivity contribution in [3.05, 3.63) is 66.0 Å². The lowest BCUT2D eigenvalue weighted by atomic mass is 10.1. The van der Waals surface area contributed by atoms with Gasteiger partial charge in [0.25, 0.3) is 5.89 Å². The number of anilines is 2. The van der Waals surface area contributed by atoms with Gasteiger partial charge in [0.1, 0.15) is 5.75 Å². The first kappa shape index (κ1) is 27.2. The fourth-order valence-corrected chi connectivity index (χ4v) is 5.48. The molecule has 0 saturated heterocycles. The van der Waals surface area contributed by atoms with E-state index in [-0.39, 0.29) is 0 Å². The summed E-state index contributed by atoms with van der Waals surface area (Å²) >= 11 is 2.69. The maximum absolute atomic E-state index is 5.52. The Morgan fingerprint density at radius 2 is 1.43 bits per heavy atom. The molecular formula is C29H24N6O5S2. The van der Waals surface area contributed by atoms with E-state index in [1.165, 1.54) is 22.9 Å². The minimum Gasteiger partial charge on any atom is -0.497 e. The molecule has 3 aromatic carbocycles. The molecule has 0 spiro atoms. The zero-order chi connectivity index (χ0) is 29.1. The van der Waals surface area contributed by atoms with Crippen LogP contribution in [0.1, 0.15) is 0 Å². The Bertz CT molecular complexity index is 1790. The molecule has 0 aliphatic rings. The molecule has 0 aliphatic heterocycles.